The Kier molecular flexibility index (Phi) is 9.57. The van der Waals surface area contributed by atoms with Gasteiger partial charge in [-0.15, -0.1) is 22.7 Å². The summed E-state index contributed by atoms with van der Waals surface area (Å²) in [5.74, 6) is 1.32. The molecule has 2 aliphatic heterocycles. The number of aryl methyl sites for hydroxylation is 2. The van der Waals surface area contributed by atoms with Crippen molar-refractivity contribution in [1.82, 2.24) is 35.1 Å². The molecular weight excluding hydrogens is 699 g/mol. The molecule has 3 atom stereocenters. The number of H-pyrrole nitrogens is 2. The van der Waals surface area contributed by atoms with Gasteiger partial charge in [0.1, 0.15) is 23.3 Å². The first-order valence-electron chi connectivity index (χ1n) is 18.0. The second-order valence-corrected chi connectivity index (χ2v) is 17.3. The number of hydrogen-bond donors (Lipinski definition) is 3. The maximum atomic E-state index is 13.6. The van der Waals surface area contributed by atoms with E-state index in [4.69, 9.17) is 19.4 Å². The van der Waals surface area contributed by atoms with Crippen molar-refractivity contribution in [3.63, 3.8) is 0 Å². The Morgan fingerprint density at radius 3 is 1.85 bits per heavy atom. The summed E-state index contributed by atoms with van der Waals surface area (Å²) in [6, 6.07) is 3.48. The number of benzene rings is 1. The van der Waals surface area contributed by atoms with Crippen molar-refractivity contribution in [2.45, 2.75) is 97.9 Å². The van der Waals surface area contributed by atoms with Crippen LogP contribution in [0.4, 0.5) is 9.59 Å². The summed E-state index contributed by atoms with van der Waals surface area (Å²) in [7, 11) is 1.30. The number of aromatic nitrogens is 4. The minimum atomic E-state index is -0.678. The predicted molar refractivity (Wildman–Crippen MR) is 205 cm³/mol. The lowest BCUT2D eigenvalue weighted by Crippen LogP contribution is -2.51. The van der Waals surface area contributed by atoms with Gasteiger partial charge in [-0.2, -0.15) is 0 Å². The third-order valence-corrected chi connectivity index (χ3v) is 12.7. The maximum Gasteiger partial charge on any atom is 0.410 e. The lowest BCUT2D eigenvalue weighted by Gasteiger charge is -2.30. The van der Waals surface area contributed by atoms with Crippen LogP contribution in [0.15, 0.2) is 24.5 Å². The van der Waals surface area contributed by atoms with Gasteiger partial charge in [0, 0.05) is 22.5 Å². The molecule has 0 unspecified atom stereocenters. The first kappa shape index (κ1) is 36.0. The SMILES string of the molecule is COC(=O)N[C@H](C(=O)N1CCC[C@H]1c1ncc(-c2cc3c(C)c4sc(-c5cnc([C@@H]6CCCN6C(=O)OC(C)(C)C)[nH]5)cc4c(C)c3s2)[nH]1)C(C)C. The number of fused-ring (bicyclic) bond motifs is 2. The van der Waals surface area contributed by atoms with Gasteiger partial charge < -0.3 is 29.7 Å². The molecule has 2 aliphatic rings. The number of hydrogen-bond acceptors (Lipinski definition) is 9. The van der Waals surface area contributed by atoms with E-state index in [1.54, 1.807) is 27.6 Å². The number of likely N-dealkylation sites (tertiary alicyclic amines) is 2. The molecule has 7 rings (SSSR count). The third kappa shape index (κ3) is 6.66. The smallest absolute Gasteiger partial charge is 0.410 e. The fourth-order valence-corrected chi connectivity index (χ4v) is 9.84. The van der Waals surface area contributed by atoms with E-state index in [0.717, 1.165) is 58.5 Å². The minimum absolute atomic E-state index is 0.0959. The normalized spacial score (nSPS) is 18.6. The number of ether oxygens (including phenoxy) is 2. The molecule has 0 radical (unpaired) electrons. The van der Waals surface area contributed by atoms with E-state index in [2.05, 4.69) is 41.3 Å². The number of methoxy groups -OCH3 is 1. The van der Waals surface area contributed by atoms with Crippen molar-refractivity contribution in [2.24, 2.45) is 5.92 Å². The molecule has 0 aliphatic carbocycles. The molecule has 52 heavy (non-hydrogen) atoms. The highest BCUT2D eigenvalue weighted by Crippen LogP contribution is 2.45. The molecular formula is C38H47N7O5S2. The van der Waals surface area contributed by atoms with Crippen LogP contribution in [-0.4, -0.2) is 79.7 Å². The highest BCUT2D eigenvalue weighted by atomic mass is 32.1. The Balaban J connectivity index is 1.13. The Labute approximate surface area is 311 Å². The van der Waals surface area contributed by atoms with Crippen molar-refractivity contribution in [2.75, 3.05) is 20.2 Å². The zero-order chi connectivity index (χ0) is 37.1. The van der Waals surface area contributed by atoms with E-state index >= 15 is 0 Å². The van der Waals surface area contributed by atoms with Crippen molar-refractivity contribution in [3.05, 3.63) is 47.3 Å². The number of amides is 3. The zero-order valence-corrected chi connectivity index (χ0v) is 32.6. The number of nitrogens with one attached hydrogen (secondary N) is 3. The summed E-state index contributed by atoms with van der Waals surface area (Å²) in [6.07, 6.45) is 6.24. The first-order valence-corrected chi connectivity index (χ1v) is 19.6. The number of aromatic amines is 2. The number of thiophene rings is 2. The standard InChI is InChI=1S/C38H47N7O5S2/c1-19(2)30(43-36(47)49-8)35(46)44-13-9-11-26(44)33-39-17-24(41-33)28-15-22-20(3)32-23(21(4)31(22)51-28)16-29(52-32)25-18-40-34(42-25)27-12-10-14-45(27)37(48)50-38(5,6)7/h15-19,26-27,30H,9-14H2,1-8H3,(H,39,41)(H,40,42)(H,43,47)/t26-,27-,30-/m0/s1. The van der Waals surface area contributed by atoms with Crippen LogP contribution < -0.4 is 5.32 Å². The molecule has 276 valence electrons. The lowest BCUT2D eigenvalue weighted by atomic mass is 10.0. The van der Waals surface area contributed by atoms with Gasteiger partial charge in [-0.1, -0.05) is 13.8 Å². The summed E-state index contributed by atoms with van der Waals surface area (Å²) in [5.41, 5.74) is 3.77. The van der Waals surface area contributed by atoms with Gasteiger partial charge in [-0.25, -0.2) is 19.6 Å². The van der Waals surface area contributed by atoms with E-state index in [0.29, 0.717) is 13.1 Å². The van der Waals surface area contributed by atoms with Crippen molar-refractivity contribution < 1.29 is 23.9 Å². The van der Waals surface area contributed by atoms with Gasteiger partial charge in [0.25, 0.3) is 0 Å². The average Bonchev–Trinajstić information content (AvgIpc) is 3.94. The van der Waals surface area contributed by atoms with Crippen molar-refractivity contribution >= 4 is 60.9 Å². The topological polar surface area (TPSA) is 146 Å². The van der Waals surface area contributed by atoms with Crippen LogP contribution in [0.2, 0.25) is 0 Å². The third-order valence-electron chi connectivity index (χ3n) is 10.1. The minimum Gasteiger partial charge on any atom is -0.453 e. The fraction of sp³-hybridized carbons (Fsp3) is 0.500. The number of carbonyl (C=O) groups is 3. The van der Waals surface area contributed by atoms with Crippen LogP contribution in [0.5, 0.6) is 0 Å². The number of nitrogens with zero attached hydrogens (tertiary/aromatic N) is 4. The molecule has 12 nitrogen and oxygen atoms in total. The quantitative estimate of drug-likeness (QED) is 0.151. The van der Waals surface area contributed by atoms with E-state index in [-0.39, 0.29) is 30.0 Å². The number of carbonyl (C=O) groups excluding carboxylic acids is 3. The van der Waals surface area contributed by atoms with Crippen molar-refractivity contribution in [1.29, 1.82) is 0 Å². The van der Waals surface area contributed by atoms with Crippen LogP contribution >= 0.6 is 22.7 Å². The molecule has 0 saturated carbocycles. The van der Waals surface area contributed by atoms with E-state index in [9.17, 15) is 14.4 Å². The summed E-state index contributed by atoms with van der Waals surface area (Å²) in [6.45, 7) is 15.1. The molecule has 4 aromatic heterocycles. The molecule has 5 aromatic rings. The van der Waals surface area contributed by atoms with Gasteiger partial charge in [-0.05, 0) is 100 Å². The summed E-state index contributed by atoms with van der Waals surface area (Å²) < 4.78 is 12.9. The predicted octanol–water partition coefficient (Wildman–Crippen LogP) is 8.63. The first-order chi connectivity index (χ1) is 24.7. The molecule has 3 amide bonds. The maximum absolute atomic E-state index is 13.6. The highest BCUT2D eigenvalue weighted by Gasteiger charge is 2.38. The Morgan fingerprint density at radius 2 is 1.37 bits per heavy atom. The Hall–Kier alpha value is -4.43. The monoisotopic (exact) mass is 745 g/mol. The number of rotatable bonds is 7. The summed E-state index contributed by atoms with van der Waals surface area (Å²) >= 11 is 3.49. The Morgan fingerprint density at radius 1 is 0.865 bits per heavy atom. The molecule has 2 fully saturated rings. The number of alkyl carbamates (subject to hydrolysis) is 1. The summed E-state index contributed by atoms with van der Waals surface area (Å²) in [5, 5.41) is 5.15. The molecule has 0 spiro atoms. The lowest BCUT2D eigenvalue weighted by molar-refractivity contribution is -0.135. The van der Waals surface area contributed by atoms with Gasteiger partial charge in [0.15, 0.2) is 0 Å². The highest BCUT2D eigenvalue weighted by molar-refractivity contribution is 7.24. The van der Waals surface area contributed by atoms with E-state index < -0.39 is 17.7 Å². The van der Waals surface area contributed by atoms with Crippen molar-refractivity contribution in [3.8, 4) is 21.1 Å². The van der Waals surface area contributed by atoms with E-state index in [1.807, 2.05) is 51.9 Å². The van der Waals surface area contributed by atoms with Gasteiger partial charge in [-0.3, -0.25) is 9.69 Å². The average molecular weight is 746 g/mol. The number of imidazole rings is 2. The molecule has 3 N–H and O–H groups in total. The Bertz CT molecular complexity index is 2100. The van der Waals surface area contributed by atoms with Crippen LogP contribution in [0.1, 0.15) is 95.2 Å². The van der Waals surface area contributed by atoms with Gasteiger partial charge >= 0.3 is 12.2 Å². The van der Waals surface area contributed by atoms with E-state index in [1.165, 1.54) is 38.4 Å². The van der Waals surface area contributed by atoms with Crippen LogP contribution in [-0.2, 0) is 14.3 Å². The molecule has 0 bridgehead atoms. The molecule has 14 heteroatoms. The molecule has 2 saturated heterocycles. The van der Waals surface area contributed by atoms with Gasteiger partial charge in [0.05, 0.1) is 52.7 Å². The largest absolute Gasteiger partial charge is 0.453 e. The molecule has 1 aromatic carbocycles. The second kappa shape index (κ2) is 13.8. The second-order valence-electron chi connectivity index (χ2n) is 15.2. The van der Waals surface area contributed by atoms with Crippen LogP contribution in [0.25, 0.3) is 41.3 Å². The zero-order valence-electron chi connectivity index (χ0n) is 31.0. The summed E-state index contributed by atoms with van der Waals surface area (Å²) in [4.78, 5) is 60.9. The van der Waals surface area contributed by atoms with Gasteiger partial charge in [0.2, 0.25) is 5.91 Å². The molecule has 6 heterocycles. The van der Waals surface area contributed by atoms with Crippen LogP contribution in [0.3, 0.4) is 0 Å². The van der Waals surface area contributed by atoms with Crippen LogP contribution in [0, 0.1) is 19.8 Å². The fourth-order valence-electron chi connectivity index (χ4n) is 7.45.